The number of hydrogen-bond donors (Lipinski definition) is 3. The van der Waals surface area contributed by atoms with Crippen LogP contribution in [0.5, 0.6) is 0 Å². The van der Waals surface area contributed by atoms with Gasteiger partial charge in [0.25, 0.3) is 5.17 Å². The average molecular weight is 236 g/mol. The lowest BCUT2D eigenvalue weighted by molar-refractivity contribution is 0.213. The topological polar surface area (TPSA) is 93.0 Å². The molecule has 6 nitrogen and oxygen atoms in total. The zero-order valence-corrected chi connectivity index (χ0v) is 8.88. The van der Waals surface area contributed by atoms with Gasteiger partial charge in [-0.05, 0) is 24.4 Å². The molecule has 1 aromatic carbocycles. The molecule has 1 aromatic heterocycles. The van der Waals surface area contributed by atoms with Crippen LogP contribution in [-0.4, -0.2) is 21.2 Å². The van der Waals surface area contributed by atoms with E-state index in [1.165, 1.54) is 0 Å². The highest BCUT2D eigenvalue weighted by Crippen LogP contribution is 2.13. The Bertz CT molecular complexity index is 518. The van der Waals surface area contributed by atoms with Crippen molar-refractivity contribution in [1.82, 2.24) is 9.97 Å². The Kier molecular flexibility index (Phi) is 2.69. The molecule has 0 aliphatic rings. The van der Waals surface area contributed by atoms with E-state index in [1.807, 2.05) is 24.3 Å². The van der Waals surface area contributed by atoms with E-state index in [1.54, 1.807) is 0 Å². The first-order valence-corrected chi connectivity index (χ1v) is 4.79. The zero-order valence-electron chi connectivity index (χ0n) is 8.06. The van der Waals surface area contributed by atoms with Crippen LogP contribution in [-0.2, 0) is 4.74 Å². The highest BCUT2D eigenvalue weighted by molar-refractivity contribution is 7.80. The minimum Gasteiger partial charge on any atom is -0.383 e. The number of nitrogens with two attached hydrogens (primary N) is 1. The maximum Gasteiger partial charge on any atom is 0.421 e. The van der Waals surface area contributed by atoms with Crippen molar-refractivity contribution in [2.24, 2.45) is 5.73 Å². The predicted molar refractivity (Wildman–Crippen MR) is 63.0 cm³/mol. The summed E-state index contributed by atoms with van der Waals surface area (Å²) in [6.45, 7) is 0. The largest absolute Gasteiger partial charge is 0.421 e. The number of ether oxygens (including phenoxy) is 1. The number of amides is 1. The fraction of sp³-hybridized carbons (Fsp3) is 0. The summed E-state index contributed by atoms with van der Waals surface area (Å²) in [6.07, 6.45) is -0.772. The summed E-state index contributed by atoms with van der Waals surface area (Å²) in [7, 11) is 0. The average Bonchev–Trinajstić information content (AvgIpc) is 2.57. The highest BCUT2D eigenvalue weighted by Gasteiger charge is 2.08. The summed E-state index contributed by atoms with van der Waals surface area (Å²) < 4.78 is 4.45. The standard InChI is InChI=1S/C9H8N4O2S/c10-7(16)15-9(14)13-8-11-5-3-1-2-4-6(5)12-8/h1-4H,(H2,10,16)(H2,11,12,13,14). The molecule has 0 spiro atoms. The number of H-pyrrole nitrogens is 1. The number of para-hydroxylation sites is 2. The first kappa shape index (κ1) is 10.4. The van der Waals surface area contributed by atoms with Gasteiger partial charge < -0.3 is 15.5 Å². The summed E-state index contributed by atoms with van der Waals surface area (Å²) in [4.78, 5) is 18.1. The van der Waals surface area contributed by atoms with Crippen LogP contribution in [0, 0.1) is 0 Å². The van der Waals surface area contributed by atoms with Crippen molar-refractivity contribution in [2.45, 2.75) is 0 Å². The number of carbonyl (C=O) groups is 1. The lowest BCUT2D eigenvalue weighted by Gasteiger charge is -2.00. The van der Waals surface area contributed by atoms with Gasteiger partial charge in [-0.2, -0.15) is 0 Å². The number of hydrogen-bond acceptors (Lipinski definition) is 4. The number of fused-ring (bicyclic) bond motifs is 1. The summed E-state index contributed by atoms with van der Waals surface area (Å²) in [5.74, 6) is 0.280. The molecule has 0 fully saturated rings. The van der Waals surface area contributed by atoms with E-state index < -0.39 is 6.09 Å². The van der Waals surface area contributed by atoms with E-state index in [0.29, 0.717) is 0 Å². The predicted octanol–water partition coefficient (Wildman–Crippen LogP) is 1.35. The van der Waals surface area contributed by atoms with Gasteiger partial charge >= 0.3 is 6.09 Å². The number of aromatic amines is 1. The maximum atomic E-state index is 11.1. The second-order valence-corrected chi connectivity index (χ2v) is 3.34. The monoisotopic (exact) mass is 236 g/mol. The third kappa shape index (κ3) is 2.26. The molecule has 0 atom stereocenters. The third-order valence-corrected chi connectivity index (χ3v) is 1.89. The second-order valence-electron chi connectivity index (χ2n) is 2.94. The SMILES string of the molecule is NC(=S)OC(=O)Nc1nc2ccccc2[nH]1. The Hall–Kier alpha value is -2.15. The number of carbonyl (C=O) groups excluding carboxylic acids is 1. The molecular weight excluding hydrogens is 228 g/mol. The first-order chi connectivity index (χ1) is 7.65. The molecule has 0 saturated carbocycles. The van der Waals surface area contributed by atoms with Crippen molar-refractivity contribution in [2.75, 3.05) is 5.32 Å². The van der Waals surface area contributed by atoms with E-state index >= 15 is 0 Å². The summed E-state index contributed by atoms with van der Waals surface area (Å²) >= 11 is 4.42. The van der Waals surface area contributed by atoms with Crippen molar-refractivity contribution in [3.8, 4) is 0 Å². The van der Waals surface area contributed by atoms with E-state index in [0.717, 1.165) is 11.0 Å². The number of rotatable bonds is 1. The molecule has 82 valence electrons. The Labute approximate surface area is 95.8 Å². The molecule has 7 heteroatoms. The minimum absolute atomic E-state index is 0.280. The van der Waals surface area contributed by atoms with Crippen LogP contribution >= 0.6 is 12.2 Å². The third-order valence-electron chi connectivity index (χ3n) is 1.80. The van der Waals surface area contributed by atoms with E-state index in [4.69, 9.17) is 5.73 Å². The van der Waals surface area contributed by atoms with Crippen LogP contribution in [0.15, 0.2) is 24.3 Å². The van der Waals surface area contributed by atoms with Crippen LogP contribution in [0.4, 0.5) is 10.7 Å². The number of nitrogens with zero attached hydrogens (tertiary/aromatic N) is 1. The summed E-state index contributed by atoms with van der Waals surface area (Å²) in [6, 6.07) is 7.36. The van der Waals surface area contributed by atoms with Gasteiger partial charge in [0.05, 0.1) is 11.0 Å². The molecule has 16 heavy (non-hydrogen) atoms. The molecule has 0 bridgehead atoms. The quantitative estimate of drug-likeness (QED) is 0.650. The Morgan fingerprint density at radius 3 is 2.94 bits per heavy atom. The van der Waals surface area contributed by atoms with Crippen molar-refractivity contribution in [3.63, 3.8) is 0 Å². The zero-order chi connectivity index (χ0) is 11.5. The van der Waals surface area contributed by atoms with Crippen LogP contribution in [0.25, 0.3) is 11.0 Å². The molecule has 1 heterocycles. The van der Waals surface area contributed by atoms with Crippen molar-refractivity contribution < 1.29 is 9.53 Å². The van der Waals surface area contributed by atoms with Crippen LogP contribution in [0.3, 0.4) is 0 Å². The van der Waals surface area contributed by atoms with Gasteiger partial charge in [0, 0.05) is 0 Å². The molecule has 0 aliphatic heterocycles. The molecule has 0 saturated heterocycles. The smallest absolute Gasteiger partial charge is 0.383 e. The van der Waals surface area contributed by atoms with Crippen LogP contribution in [0.2, 0.25) is 0 Å². The van der Waals surface area contributed by atoms with Crippen molar-refractivity contribution in [1.29, 1.82) is 0 Å². The lowest BCUT2D eigenvalue weighted by atomic mass is 10.3. The number of thiocarbonyl (C=S) groups is 1. The second kappa shape index (κ2) is 4.15. The number of nitrogens with one attached hydrogen (secondary N) is 2. The Morgan fingerprint density at radius 1 is 1.50 bits per heavy atom. The number of benzene rings is 1. The van der Waals surface area contributed by atoms with Crippen LogP contribution < -0.4 is 11.1 Å². The van der Waals surface area contributed by atoms with Gasteiger partial charge in [0.15, 0.2) is 0 Å². The van der Waals surface area contributed by atoms with Gasteiger partial charge in [-0.25, -0.2) is 9.78 Å². The van der Waals surface area contributed by atoms with Gasteiger partial charge in [-0.1, -0.05) is 12.1 Å². The first-order valence-electron chi connectivity index (χ1n) is 4.38. The lowest BCUT2D eigenvalue weighted by Crippen LogP contribution is -2.22. The number of aromatic nitrogens is 2. The van der Waals surface area contributed by atoms with Gasteiger partial charge in [0.2, 0.25) is 5.95 Å². The molecule has 0 aliphatic carbocycles. The normalized spacial score (nSPS) is 10.0. The van der Waals surface area contributed by atoms with E-state index in [2.05, 4.69) is 32.2 Å². The fourth-order valence-electron chi connectivity index (χ4n) is 1.23. The van der Waals surface area contributed by atoms with Gasteiger partial charge in [0.1, 0.15) is 0 Å². The number of anilines is 1. The molecule has 0 radical (unpaired) electrons. The van der Waals surface area contributed by atoms with Gasteiger partial charge in [-0.15, -0.1) is 0 Å². The van der Waals surface area contributed by atoms with Crippen molar-refractivity contribution in [3.05, 3.63) is 24.3 Å². The molecule has 2 aromatic rings. The highest BCUT2D eigenvalue weighted by atomic mass is 32.1. The van der Waals surface area contributed by atoms with Crippen molar-refractivity contribution >= 4 is 40.5 Å². The Balaban J connectivity index is 2.15. The minimum atomic E-state index is -0.772. The molecule has 4 N–H and O–H groups in total. The molecular formula is C9H8N4O2S. The molecule has 2 rings (SSSR count). The van der Waals surface area contributed by atoms with Gasteiger partial charge in [-0.3, -0.25) is 5.32 Å². The number of imidazole rings is 1. The molecule has 0 unspecified atom stereocenters. The summed E-state index contributed by atoms with van der Waals surface area (Å²) in [5, 5.41) is 2.03. The fourth-order valence-corrected chi connectivity index (χ4v) is 1.30. The molecule has 1 amide bonds. The van der Waals surface area contributed by atoms with Crippen LogP contribution in [0.1, 0.15) is 0 Å². The Morgan fingerprint density at radius 2 is 2.25 bits per heavy atom. The summed E-state index contributed by atoms with van der Waals surface area (Å²) in [5.41, 5.74) is 6.60. The van der Waals surface area contributed by atoms with E-state index in [-0.39, 0.29) is 11.1 Å². The maximum absolute atomic E-state index is 11.1. The van der Waals surface area contributed by atoms with E-state index in [9.17, 15) is 4.79 Å².